The minimum Gasteiger partial charge on any atom is -0.444 e. The summed E-state index contributed by atoms with van der Waals surface area (Å²) in [5.41, 5.74) is 1.44. The maximum atomic E-state index is 13.3. The van der Waals surface area contributed by atoms with Gasteiger partial charge in [0.1, 0.15) is 11.3 Å². The van der Waals surface area contributed by atoms with Crippen molar-refractivity contribution >= 4 is 29.2 Å². The molecule has 1 fully saturated rings. The zero-order valence-corrected chi connectivity index (χ0v) is 18.9. The van der Waals surface area contributed by atoms with E-state index in [4.69, 9.17) is 4.74 Å². The minimum atomic E-state index is -0.537. The monoisotopic (exact) mass is 439 g/mol. The quantitative estimate of drug-likeness (QED) is 0.644. The number of hydrogen-bond acceptors (Lipinski definition) is 7. The first kappa shape index (κ1) is 21.7. The number of aromatic nitrogens is 4. The molecule has 2 N–H and O–H groups in total. The number of aryl methyl sites for hydroxylation is 1. The van der Waals surface area contributed by atoms with Gasteiger partial charge in [-0.15, -0.1) is 5.10 Å². The molecule has 3 heterocycles. The molecule has 1 saturated heterocycles. The number of piperazine rings is 1. The summed E-state index contributed by atoms with van der Waals surface area (Å²) in [4.78, 5) is 37.1. The van der Waals surface area contributed by atoms with Crippen LogP contribution in [-0.4, -0.2) is 62.4 Å². The fraction of sp³-hybridized carbons (Fsp3) is 0.455. The highest BCUT2D eigenvalue weighted by Gasteiger charge is 2.28. The van der Waals surface area contributed by atoms with Crippen molar-refractivity contribution in [1.82, 2.24) is 24.5 Å². The summed E-state index contributed by atoms with van der Waals surface area (Å²) < 4.78 is 6.76. The molecule has 10 nitrogen and oxygen atoms in total. The molecular formula is C22H29N7O3. The summed E-state index contributed by atoms with van der Waals surface area (Å²) in [6.07, 6.45) is 0.312. The van der Waals surface area contributed by atoms with Crippen molar-refractivity contribution in [2.75, 3.05) is 36.4 Å². The third kappa shape index (κ3) is 4.53. The lowest BCUT2D eigenvalue weighted by molar-refractivity contribution is 0.0240. The Labute approximate surface area is 186 Å². The molecule has 0 bridgehead atoms. The van der Waals surface area contributed by atoms with Crippen molar-refractivity contribution in [3.63, 3.8) is 0 Å². The molecule has 4 rings (SSSR count). The number of anilines is 3. The van der Waals surface area contributed by atoms with Gasteiger partial charge in [-0.25, -0.2) is 4.79 Å². The first-order valence-corrected chi connectivity index (χ1v) is 10.8. The zero-order chi connectivity index (χ0) is 22.9. The molecule has 1 aliphatic heterocycles. The molecule has 1 amide bonds. The normalized spacial score (nSPS) is 14.6. The van der Waals surface area contributed by atoms with Gasteiger partial charge >= 0.3 is 6.09 Å². The smallest absolute Gasteiger partial charge is 0.410 e. The number of ether oxygens (including phenoxy) is 1. The number of nitrogens with zero attached hydrogens (tertiary/aromatic N) is 5. The van der Waals surface area contributed by atoms with Crippen LogP contribution in [0.5, 0.6) is 0 Å². The lowest BCUT2D eigenvalue weighted by Gasteiger charge is -2.36. The predicted molar refractivity (Wildman–Crippen MR) is 123 cm³/mol. The molecule has 0 saturated carbocycles. The van der Waals surface area contributed by atoms with Crippen LogP contribution in [0.1, 0.15) is 33.4 Å². The summed E-state index contributed by atoms with van der Waals surface area (Å²) in [7, 11) is 0. The van der Waals surface area contributed by atoms with Crippen LogP contribution >= 0.6 is 0 Å². The van der Waals surface area contributed by atoms with Gasteiger partial charge in [0.25, 0.3) is 5.56 Å². The van der Waals surface area contributed by atoms with Crippen LogP contribution in [0.4, 0.5) is 22.1 Å². The summed E-state index contributed by atoms with van der Waals surface area (Å²) >= 11 is 0. The highest BCUT2D eigenvalue weighted by molar-refractivity contribution is 5.69. The standard InChI is InChI=1S/C22H29N7O3/c1-5-16-17(27-11-13-28(14-12-27)21(31)32-22(2,3)4)18(30)29-20(24-16)25-19(26-29)23-15-9-7-6-8-10-15/h6-10H,5,11-14H2,1-4H3,(H2,23,24,25,26). The molecule has 32 heavy (non-hydrogen) atoms. The number of nitrogens with one attached hydrogen (secondary N) is 2. The van der Waals surface area contributed by atoms with Gasteiger partial charge in [-0.3, -0.25) is 4.79 Å². The number of H-pyrrole nitrogens is 1. The van der Waals surface area contributed by atoms with Crippen LogP contribution in [0.2, 0.25) is 0 Å². The van der Waals surface area contributed by atoms with Gasteiger partial charge in [0.15, 0.2) is 0 Å². The van der Waals surface area contributed by atoms with Gasteiger partial charge in [-0.1, -0.05) is 25.1 Å². The fourth-order valence-corrected chi connectivity index (χ4v) is 3.68. The van der Waals surface area contributed by atoms with E-state index in [1.54, 1.807) is 4.90 Å². The van der Waals surface area contributed by atoms with Crippen molar-refractivity contribution in [3.05, 3.63) is 46.4 Å². The molecule has 0 atom stereocenters. The van der Waals surface area contributed by atoms with Crippen LogP contribution < -0.4 is 15.8 Å². The van der Waals surface area contributed by atoms with Gasteiger partial charge in [0.05, 0.1) is 0 Å². The fourth-order valence-electron chi connectivity index (χ4n) is 3.68. The highest BCUT2D eigenvalue weighted by Crippen LogP contribution is 2.20. The van der Waals surface area contributed by atoms with Crippen LogP contribution in [0, 0.1) is 0 Å². The Morgan fingerprint density at radius 1 is 1.16 bits per heavy atom. The van der Waals surface area contributed by atoms with Gasteiger partial charge in [0, 0.05) is 37.6 Å². The van der Waals surface area contributed by atoms with Crippen molar-refractivity contribution < 1.29 is 9.53 Å². The van der Waals surface area contributed by atoms with E-state index in [2.05, 4.69) is 20.4 Å². The van der Waals surface area contributed by atoms with Gasteiger partial charge in [-0.05, 0) is 39.3 Å². The summed E-state index contributed by atoms with van der Waals surface area (Å²) in [6.45, 7) is 9.56. The predicted octanol–water partition coefficient (Wildman–Crippen LogP) is 2.78. The second-order valence-corrected chi connectivity index (χ2v) is 8.73. The molecule has 170 valence electrons. The molecule has 0 aliphatic carbocycles. The molecule has 1 aromatic carbocycles. The topological polar surface area (TPSA) is 108 Å². The molecule has 0 unspecified atom stereocenters. The maximum absolute atomic E-state index is 13.3. The summed E-state index contributed by atoms with van der Waals surface area (Å²) in [6, 6.07) is 9.55. The third-order valence-corrected chi connectivity index (χ3v) is 5.18. The van der Waals surface area contributed by atoms with E-state index >= 15 is 0 Å². The molecule has 0 spiro atoms. The second-order valence-electron chi connectivity index (χ2n) is 8.73. The minimum absolute atomic E-state index is 0.227. The van der Waals surface area contributed by atoms with E-state index in [1.165, 1.54) is 4.52 Å². The molecule has 2 aromatic heterocycles. The zero-order valence-electron chi connectivity index (χ0n) is 18.9. The van der Waals surface area contributed by atoms with Gasteiger partial charge in [-0.2, -0.15) is 9.50 Å². The molecule has 0 radical (unpaired) electrons. The number of carbonyl (C=O) groups is 1. The number of para-hydroxylation sites is 1. The number of benzene rings is 1. The van der Waals surface area contributed by atoms with Crippen LogP contribution in [0.3, 0.4) is 0 Å². The Bertz CT molecular complexity index is 1160. The third-order valence-electron chi connectivity index (χ3n) is 5.18. The summed E-state index contributed by atoms with van der Waals surface area (Å²) in [5.74, 6) is 0.736. The average Bonchev–Trinajstić information content (AvgIpc) is 3.16. The largest absolute Gasteiger partial charge is 0.444 e. The first-order chi connectivity index (χ1) is 15.2. The Morgan fingerprint density at radius 3 is 2.47 bits per heavy atom. The van der Waals surface area contributed by atoms with E-state index in [-0.39, 0.29) is 11.7 Å². The van der Waals surface area contributed by atoms with E-state index in [9.17, 15) is 9.59 Å². The van der Waals surface area contributed by atoms with Crippen LogP contribution in [-0.2, 0) is 11.2 Å². The maximum Gasteiger partial charge on any atom is 0.410 e. The highest BCUT2D eigenvalue weighted by atomic mass is 16.6. The number of aromatic amines is 1. The SMILES string of the molecule is CCc1[nH]c2nc(Nc3ccccc3)nn2c(=O)c1N1CCN(C(=O)OC(C)(C)C)CC1. The van der Waals surface area contributed by atoms with Gasteiger partial charge < -0.3 is 24.8 Å². The Balaban J connectivity index is 1.57. The Hall–Kier alpha value is -3.56. The number of rotatable bonds is 4. The average molecular weight is 440 g/mol. The molecule has 10 heteroatoms. The number of carbonyl (C=O) groups excluding carboxylic acids is 1. The molecule has 1 aliphatic rings. The number of amides is 1. The van der Waals surface area contributed by atoms with Crippen LogP contribution in [0.25, 0.3) is 5.78 Å². The van der Waals surface area contributed by atoms with Gasteiger partial charge in [0.2, 0.25) is 11.7 Å². The Kier molecular flexibility index (Phi) is 5.77. The van der Waals surface area contributed by atoms with Crippen molar-refractivity contribution in [1.29, 1.82) is 0 Å². The van der Waals surface area contributed by atoms with E-state index in [0.29, 0.717) is 50.0 Å². The van der Waals surface area contributed by atoms with E-state index < -0.39 is 5.60 Å². The summed E-state index contributed by atoms with van der Waals surface area (Å²) in [5, 5.41) is 7.48. The van der Waals surface area contributed by atoms with E-state index in [0.717, 1.165) is 11.4 Å². The lowest BCUT2D eigenvalue weighted by Crippen LogP contribution is -2.51. The van der Waals surface area contributed by atoms with Crippen LogP contribution in [0.15, 0.2) is 35.1 Å². The number of fused-ring (bicyclic) bond motifs is 1. The molecular weight excluding hydrogens is 410 g/mol. The molecule has 3 aromatic rings. The van der Waals surface area contributed by atoms with E-state index in [1.807, 2.05) is 62.9 Å². The van der Waals surface area contributed by atoms with Crippen molar-refractivity contribution in [2.45, 2.75) is 39.7 Å². The Morgan fingerprint density at radius 2 is 1.84 bits per heavy atom. The second kappa shape index (κ2) is 8.52. The lowest BCUT2D eigenvalue weighted by atomic mass is 10.2. The van der Waals surface area contributed by atoms with Crippen molar-refractivity contribution in [3.8, 4) is 0 Å². The number of hydrogen-bond donors (Lipinski definition) is 2. The van der Waals surface area contributed by atoms with Crippen molar-refractivity contribution in [2.24, 2.45) is 0 Å². The first-order valence-electron chi connectivity index (χ1n) is 10.8.